The van der Waals surface area contributed by atoms with Crippen molar-refractivity contribution >= 4 is 29.5 Å². The second kappa shape index (κ2) is 15.8. The molecular weight excluding hydrogens is 695 g/mol. The molecule has 10 heteroatoms. The molecule has 8 rings (SSSR count). The van der Waals surface area contributed by atoms with Gasteiger partial charge >= 0.3 is 0 Å². The lowest BCUT2D eigenvalue weighted by Crippen LogP contribution is -1.85. The van der Waals surface area contributed by atoms with Gasteiger partial charge in [-0.25, -0.2) is 0 Å². The van der Waals surface area contributed by atoms with E-state index in [1.807, 2.05) is 121 Å². The molecule has 0 saturated carbocycles. The van der Waals surface area contributed by atoms with Crippen molar-refractivity contribution in [2.24, 2.45) is 0 Å². The average molecular weight is 724 g/mol. The first-order chi connectivity index (χ1) is 25.5. The fraction of sp³-hybridized carbons (Fsp3) is 0.0238. The number of aromatic nitrogens is 4. The predicted octanol–water partition coefficient (Wildman–Crippen LogP) is 10.8. The predicted molar refractivity (Wildman–Crippen MR) is 203 cm³/mol. The molecule has 0 atom stereocenters. The molecule has 0 saturated heterocycles. The third kappa shape index (κ3) is 7.75. The zero-order chi connectivity index (χ0) is 35.9. The molecule has 254 valence electrons. The van der Waals surface area contributed by atoms with E-state index < -0.39 is 0 Å². The fourth-order valence-corrected chi connectivity index (χ4v) is 5.97. The minimum absolute atomic E-state index is 0.00400. The minimum atomic E-state index is 0.00400. The number of rotatable bonds is 8. The van der Waals surface area contributed by atoms with Crippen LogP contribution >= 0.6 is 23.2 Å². The first-order valence-electron chi connectivity index (χ1n) is 16.1. The van der Waals surface area contributed by atoms with Crippen molar-refractivity contribution in [2.45, 2.75) is 6.61 Å². The Hall–Kier alpha value is -6.19. The molecule has 0 unspecified atom stereocenters. The highest BCUT2D eigenvalue weighted by Gasteiger charge is 2.15. The molecule has 52 heavy (non-hydrogen) atoms. The summed E-state index contributed by atoms with van der Waals surface area (Å²) in [4.78, 5) is 19.6. The SMILES string of the molecule is O=Cc1ccc(-c2noc(-c3ccc(-c4ccccc4)c(Cl)c3)n2)cc1.OCc1ccc(-c2noc(-c3ccc(-c4ccccc4)c(Cl)c3)n2)cc1. The molecule has 8 nitrogen and oxygen atoms in total. The molecule has 0 bridgehead atoms. The van der Waals surface area contributed by atoms with Crippen LogP contribution in [0.4, 0.5) is 0 Å². The molecule has 0 amide bonds. The Balaban J connectivity index is 0.000000162. The number of aliphatic hydroxyl groups is 1. The maximum absolute atomic E-state index is 10.7. The van der Waals surface area contributed by atoms with Crippen LogP contribution in [0.15, 0.2) is 155 Å². The van der Waals surface area contributed by atoms with E-state index in [-0.39, 0.29) is 6.61 Å². The number of nitrogens with zero attached hydrogens (tertiary/aromatic N) is 4. The first-order valence-corrected chi connectivity index (χ1v) is 16.9. The largest absolute Gasteiger partial charge is 0.392 e. The fourth-order valence-electron chi connectivity index (χ4n) is 5.39. The number of hydrogen-bond donors (Lipinski definition) is 1. The van der Waals surface area contributed by atoms with E-state index in [0.717, 1.165) is 56.4 Å². The van der Waals surface area contributed by atoms with Crippen LogP contribution in [0.1, 0.15) is 15.9 Å². The second-order valence-corrected chi connectivity index (χ2v) is 12.4. The number of halogens is 2. The Labute approximate surface area is 308 Å². The summed E-state index contributed by atoms with van der Waals surface area (Å²) in [5, 5.41) is 18.4. The smallest absolute Gasteiger partial charge is 0.258 e. The van der Waals surface area contributed by atoms with E-state index in [1.54, 1.807) is 24.3 Å². The number of carbonyl (C=O) groups is 1. The van der Waals surface area contributed by atoms with Gasteiger partial charge in [-0.05, 0) is 41.0 Å². The van der Waals surface area contributed by atoms with Crippen molar-refractivity contribution in [1.82, 2.24) is 20.3 Å². The van der Waals surface area contributed by atoms with E-state index in [9.17, 15) is 4.79 Å². The van der Waals surface area contributed by atoms with E-state index in [2.05, 4.69) is 20.3 Å². The maximum atomic E-state index is 10.7. The van der Waals surface area contributed by atoms with Crippen molar-refractivity contribution in [1.29, 1.82) is 0 Å². The lowest BCUT2D eigenvalue weighted by Gasteiger charge is -2.05. The number of aliphatic hydroxyl groups excluding tert-OH is 1. The van der Waals surface area contributed by atoms with Gasteiger partial charge in [-0.2, -0.15) is 9.97 Å². The van der Waals surface area contributed by atoms with Gasteiger partial charge in [0.1, 0.15) is 6.29 Å². The summed E-state index contributed by atoms with van der Waals surface area (Å²) in [6.45, 7) is 0.00400. The first kappa shape index (κ1) is 34.3. The van der Waals surface area contributed by atoms with E-state index in [0.29, 0.717) is 39.0 Å². The average Bonchev–Trinajstić information content (AvgIpc) is 3.91. The molecule has 2 heterocycles. The Morgan fingerprint density at radius 2 is 0.942 bits per heavy atom. The second-order valence-electron chi connectivity index (χ2n) is 11.6. The Morgan fingerprint density at radius 1 is 0.519 bits per heavy atom. The zero-order valence-corrected chi connectivity index (χ0v) is 28.9. The highest BCUT2D eigenvalue weighted by molar-refractivity contribution is 6.34. The molecule has 0 aliphatic heterocycles. The topological polar surface area (TPSA) is 115 Å². The molecule has 0 fully saturated rings. The molecule has 0 radical (unpaired) electrons. The van der Waals surface area contributed by atoms with Crippen LogP contribution in [0.25, 0.3) is 67.9 Å². The molecular formula is C42H28Cl2N4O4. The summed E-state index contributed by atoms with van der Waals surface area (Å²) in [5.41, 5.74) is 8.54. The summed E-state index contributed by atoms with van der Waals surface area (Å²) in [6, 6.07) is 45.6. The van der Waals surface area contributed by atoms with Gasteiger partial charge in [0, 0.05) is 49.0 Å². The van der Waals surface area contributed by atoms with Gasteiger partial charge in [-0.1, -0.05) is 155 Å². The van der Waals surface area contributed by atoms with Crippen molar-refractivity contribution in [3.63, 3.8) is 0 Å². The molecule has 6 aromatic carbocycles. The Kier molecular flexibility index (Phi) is 10.4. The van der Waals surface area contributed by atoms with Crippen molar-refractivity contribution in [3.8, 4) is 67.9 Å². The van der Waals surface area contributed by atoms with E-state index in [1.165, 1.54) is 0 Å². The van der Waals surface area contributed by atoms with E-state index >= 15 is 0 Å². The Bertz CT molecular complexity index is 2430. The van der Waals surface area contributed by atoms with Gasteiger partial charge in [0.2, 0.25) is 11.6 Å². The molecule has 0 aliphatic carbocycles. The highest BCUT2D eigenvalue weighted by atomic mass is 35.5. The van der Waals surface area contributed by atoms with Crippen molar-refractivity contribution in [2.75, 3.05) is 0 Å². The van der Waals surface area contributed by atoms with Gasteiger partial charge in [-0.15, -0.1) is 0 Å². The summed E-state index contributed by atoms with van der Waals surface area (Å²) in [6.07, 6.45) is 0.793. The summed E-state index contributed by atoms with van der Waals surface area (Å²) < 4.78 is 10.8. The molecule has 0 spiro atoms. The van der Waals surface area contributed by atoms with Crippen LogP contribution in [0.3, 0.4) is 0 Å². The van der Waals surface area contributed by atoms with Gasteiger partial charge in [-0.3, -0.25) is 4.79 Å². The van der Waals surface area contributed by atoms with Gasteiger partial charge in [0.25, 0.3) is 11.8 Å². The number of benzene rings is 6. The summed E-state index contributed by atoms with van der Waals surface area (Å²) in [5.74, 6) is 1.75. The third-order valence-electron chi connectivity index (χ3n) is 8.15. The van der Waals surface area contributed by atoms with Crippen LogP contribution in [-0.2, 0) is 6.61 Å². The van der Waals surface area contributed by atoms with Crippen LogP contribution in [0.5, 0.6) is 0 Å². The normalized spacial score (nSPS) is 10.8. The number of aldehydes is 1. The maximum Gasteiger partial charge on any atom is 0.258 e. The number of hydrogen-bond acceptors (Lipinski definition) is 8. The van der Waals surface area contributed by atoms with Crippen molar-refractivity contribution in [3.05, 3.63) is 167 Å². The monoisotopic (exact) mass is 722 g/mol. The molecule has 2 aromatic heterocycles. The highest BCUT2D eigenvalue weighted by Crippen LogP contribution is 2.34. The summed E-state index contributed by atoms with van der Waals surface area (Å²) in [7, 11) is 0. The standard InChI is InChI=1S/C21H15ClN2O2.C21H13ClN2O2/c2*22-19-12-17(10-11-18(19)15-4-2-1-3-5-15)21-23-20(24-26-21)16-8-6-14(13-25)7-9-16/h1-12,25H,13H2;1-13H. The molecule has 0 aliphatic rings. The summed E-state index contributed by atoms with van der Waals surface area (Å²) >= 11 is 12.9. The third-order valence-corrected chi connectivity index (χ3v) is 8.78. The Morgan fingerprint density at radius 3 is 1.35 bits per heavy atom. The molecule has 8 aromatic rings. The number of carbonyl (C=O) groups excluding carboxylic acids is 1. The van der Waals surface area contributed by atoms with Crippen molar-refractivity contribution < 1.29 is 18.9 Å². The lowest BCUT2D eigenvalue weighted by molar-refractivity contribution is 0.112. The van der Waals surface area contributed by atoms with Gasteiger partial charge < -0.3 is 14.2 Å². The van der Waals surface area contributed by atoms with Crippen LogP contribution in [0.2, 0.25) is 10.0 Å². The molecule has 1 N–H and O–H groups in total. The quantitative estimate of drug-likeness (QED) is 0.154. The van der Waals surface area contributed by atoms with Crippen LogP contribution < -0.4 is 0 Å². The van der Waals surface area contributed by atoms with Gasteiger partial charge in [0.05, 0.1) is 6.61 Å². The van der Waals surface area contributed by atoms with E-state index in [4.69, 9.17) is 37.4 Å². The zero-order valence-electron chi connectivity index (χ0n) is 27.4. The van der Waals surface area contributed by atoms with Gasteiger partial charge in [0.15, 0.2) is 0 Å². The lowest BCUT2D eigenvalue weighted by atomic mass is 10.0. The van der Waals surface area contributed by atoms with Crippen LogP contribution in [-0.4, -0.2) is 31.7 Å². The van der Waals surface area contributed by atoms with Crippen LogP contribution in [0, 0.1) is 0 Å². The minimum Gasteiger partial charge on any atom is -0.392 e.